The van der Waals surface area contributed by atoms with Crippen molar-refractivity contribution in [2.75, 3.05) is 10.6 Å². The molecule has 2 N–H and O–H groups in total. The number of benzene rings is 2. The molecule has 5 nitrogen and oxygen atoms in total. The van der Waals surface area contributed by atoms with E-state index >= 15 is 0 Å². The number of carbonyl (C=O) groups excluding carboxylic acids is 1. The highest BCUT2D eigenvalue weighted by molar-refractivity contribution is 6.31. The maximum absolute atomic E-state index is 13.7. The van der Waals surface area contributed by atoms with Crippen molar-refractivity contribution < 1.29 is 9.18 Å². The van der Waals surface area contributed by atoms with E-state index in [0.29, 0.717) is 22.1 Å². The van der Waals surface area contributed by atoms with E-state index in [2.05, 4.69) is 20.6 Å². The molecule has 26 heavy (non-hydrogen) atoms. The van der Waals surface area contributed by atoms with E-state index in [-0.39, 0.29) is 24.0 Å². The summed E-state index contributed by atoms with van der Waals surface area (Å²) in [6.45, 7) is 2.12. The van der Waals surface area contributed by atoms with Crippen LogP contribution in [0.5, 0.6) is 0 Å². The molecule has 0 saturated heterocycles. The average molecular weight is 371 g/mol. The van der Waals surface area contributed by atoms with Gasteiger partial charge in [-0.2, -0.15) is 0 Å². The molecule has 0 saturated carbocycles. The van der Waals surface area contributed by atoms with Crippen molar-refractivity contribution in [1.29, 1.82) is 0 Å². The second-order valence-corrected chi connectivity index (χ2v) is 6.08. The summed E-state index contributed by atoms with van der Waals surface area (Å²) in [7, 11) is 0. The molecule has 0 aliphatic heterocycles. The maximum Gasteiger partial charge on any atom is 0.274 e. The van der Waals surface area contributed by atoms with Crippen LogP contribution in [0, 0.1) is 12.7 Å². The molecule has 0 unspecified atom stereocenters. The van der Waals surface area contributed by atoms with Crippen molar-refractivity contribution in [3.05, 3.63) is 82.5 Å². The first-order chi connectivity index (χ1) is 12.5. The van der Waals surface area contributed by atoms with Crippen LogP contribution in [-0.2, 0) is 6.54 Å². The second kappa shape index (κ2) is 7.93. The predicted octanol–water partition coefficient (Wildman–Crippen LogP) is 4.44. The number of hydrogen-bond acceptors (Lipinski definition) is 4. The summed E-state index contributed by atoms with van der Waals surface area (Å²) in [5.41, 5.74) is 2.19. The summed E-state index contributed by atoms with van der Waals surface area (Å²) in [6.07, 6.45) is 1.28. The lowest BCUT2D eigenvalue weighted by atomic mass is 10.2. The number of rotatable bonds is 5. The molecule has 2 aromatic carbocycles. The number of halogens is 2. The molecular formula is C19H16ClFN4O. The van der Waals surface area contributed by atoms with Crippen LogP contribution in [0.15, 0.2) is 54.9 Å². The van der Waals surface area contributed by atoms with Crippen molar-refractivity contribution >= 4 is 29.0 Å². The number of nitrogens with zero attached hydrogens (tertiary/aromatic N) is 2. The largest absolute Gasteiger partial charge is 0.366 e. The fourth-order valence-electron chi connectivity index (χ4n) is 2.32. The van der Waals surface area contributed by atoms with Crippen LogP contribution in [0.25, 0.3) is 0 Å². The zero-order valence-corrected chi connectivity index (χ0v) is 14.7. The van der Waals surface area contributed by atoms with Crippen LogP contribution in [0.1, 0.15) is 21.6 Å². The SMILES string of the molecule is Cc1ccc(Cl)cc1NC(=O)c1cc(NCc2ccccc2F)ncn1. The van der Waals surface area contributed by atoms with Crippen molar-refractivity contribution in [2.24, 2.45) is 0 Å². The van der Waals surface area contributed by atoms with Gasteiger partial charge in [-0.15, -0.1) is 0 Å². The highest BCUT2D eigenvalue weighted by Gasteiger charge is 2.11. The second-order valence-electron chi connectivity index (χ2n) is 5.65. The van der Waals surface area contributed by atoms with Crippen molar-refractivity contribution in [2.45, 2.75) is 13.5 Å². The first kappa shape index (κ1) is 17.8. The van der Waals surface area contributed by atoms with E-state index in [9.17, 15) is 9.18 Å². The van der Waals surface area contributed by atoms with E-state index in [1.807, 2.05) is 13.0 Å². The minimum Gasteiger partial charge on any atom is -0.366 e. The Morgan fingerprint density at radius 2 is 1.96 bits per heavy atom. The van der Waals surface area contributed by atoms with Crippen molar-refractivity contribution in [3.8, 4) is 0 Å². The van der Waals surface area contributed by atoms with Gasteiger partial charge in [0.15, 0.2) is 0 Å². The summed E-state index contributed by atoms with van der Waals surface area (Å²) in [6, 6.07) is 13.2. The molecule has 0 aliphatic rings. The normalized spacial score (nSPS) is 10.4. The topological polar surface area (TPSA) is 66.9 Å². The van der Waals surface area contributed by atoms with E-state index in [1.165, 1.54) is 18.5 Å². The van der Waals surface area contributed by atoms with E-state index in [4.69, 9.17) is 11.6 Å². The lowest BCUT2D eigenvalue weighted by Gasteiger charge is -2.10. The Bertz CT molecular complexity index is 948. The molecule has 0 bridgehead atoms. The molecule has 0 radical (unpaired) electrons. The summed E-state index contributed by atoms with van der Waals surface area (Å²) < 4.78 is 13.7. The third-order valence-electron chi connectivity index (χ3n) is 3.77. The highest BCUT2D eigenvalue weighted by atomic mass is 35.5. The van der Waals surface area contributed by atoms with Crippen molar-refractivity contribution in [1.82, 2.24) is 9.97 Å². The summed E-state index contributed by atoms with van der Waals surface area (Å²) in [5, 5.41) is 6.29. The number of aryl methyl sites for hydroxylation is 1. The summed E-state index contributed by atoms with van der Waals surface area (Å²) >= 11 is 5.97. The molecule has 0 spiro atoms. The number of amides is 1. The Balaban J connectivity index is 1.71. The first-order valence-electron chi connectivity index (χ1n) is 7.90. The lowest BCUT2D eigenvalue weighted by Crippen LogP contribution is -2.15. The monoisotopic (exact) mass is 370 g/mol. The number of carbonyl (C=O) groups is 1. The summed E-state index contributed by atoms with van der Waals surface area (Å²) in [5.74, 6) is -0.258. The molecular weight excluding hydrogens is 355 g/mol. The predicted molar refractivity (Wildman–Crippen MR) is 99.9 cm³/mol. The molecule has 7 heteroatoms. The molecule has 1 amide bonds. The van der Waals surface area contributed by atoms with Crippen LogP contribution in [0.2, 0.25) is 5.02 Å². The van der Waals surface area contributed by atoms with Gasteiger partial charge in [-0.25, -0.2) is 14.4 Å². The van der Waals surface area contributed by atoms with Crippen molar-refractivity contribution in [3.63, 3.8) is 0 Å². The maximum atomic E-state index is 13.7. The van der Waals surface area contributed by atoms with Gasteiger partial charge in [0, 0.05) is 28.9 Å². The molecule has 132 valence electrons. The summed E-state index contributed by atoms with van der Waals surface area (Å²) in [4.78, 5) is 20.5. The highest BCUT2D eigenvalue weighted by Crippen LogP contribution is 2.21. The van der Waals surface area contributed by atoms with Crippen LogP contribution in [0.4, 0.5) is 15.9 Å². The third kappa shape index (κ3) is 4.34. The Morgan fingerprint density at radius 3 is 2.77 bits per heavy atom. The standard InChI is InChI=1S/C19H16ClFN4O/c1-12-6-7-14(20)8-16(12)25-19(26)17-9-18(24-11-23-17)22-10-13-4-2-3-5-15(13)21/h2-9,11H,10H2,1H3,(H,25,26)(H,22,23,24). The number of anilines is 2. The van der Waals surface area contributed by atoms with Crippen LogP contribution in [-0.4, -0.2) is 15.9 Å². The number of aromatic nitrogens is 2. The fraction of sp³-hybridized carbons (Fsp3) is 0.105. The van der Waals surface area contributed by atoms with Gasteiger partial charge in [0.2, 0.25) is 0 Å². The Morgan fingerprint density at radius 1 is 1.15 bits per heavy atom. The Labute approximate surface area is 155 Å². The average Bonchev–Trinajstić information content (AvgIpc) is 2.64. The third-order valence-corrected chi connectivity index (χ3v) is 4.00. The van der Waals surface area contributed by atoms with Gasteiger partial charge in [0.05, 0.1) is 0 Å². The van der Waals surface area contributed by atoms with Gasteiger partial charge in [0.1, 0.15) is 23.7 Å². The molecule has 0 atom stereocenters. The van der Waals surface area contributed by atoms with Gasteiger partial charge < -0.3 is 10.6 Å². The van der Waals surface area contributed by atoms with Gasteiger partial charge in [0.25, 0.3) is 5.91 Å². The molecule has 0 fully saturated rings. The Kier molecular flexibility index (Phi) is 5.43. The lowest BCUT2D eigenvalue weighted by molar-refractivity contribution is 0.102. The fourth-order valence-corrected chi connectivity index (χ4v) is 2.49. The number of nitrogens with one attached hydrogen (secondary N) is 2. The van der Waals surface area contributed by atoms with Gasteiger partial charge in [-0.05, 0) is 30.7 Å². The van der Waals surface area contributed by atoms with Crippen LogP contribution < -0.4 is 10.6 Å². The molecule has 0 aliphatic carbocycles. The molecule has 1 aromatic heterocycles. The van der Waals surface area contributed by atoms with Crippen LogP contribution in [0.3, 0.4) is 0 Å². The van der Waals surface area contributed by atoms with Crippen LogP contribution >= 0.6 is 11.6 Å². The van der Waals surface area contributed by atoms with E-state index in [0.717, 1.165) is 5.56 Å². The minimum absolute atomic E-state index is 0.190. The zero-order chi connectivity index (χ0) is 18.5. The molecule has 3 rings (SSSR count). The Hall–Kier alpha value is -2.99. The van der Waals surface area contributed by atoms with E-state index in [1.54, 1.807) is 30.3 Å². The van der Waals surface area contributed by atoms with Gasteiger partial charge in [-0.1, -0.05) is 35.9 Å². The first-order valence-corrected chi connectivity index (χ1v) is 8.27. The van der Waals surface area contributed by atoms with Gasteiger partial charge >= 0.3 is 0 Å². The quantitative estimate of drug-likeness (QED) is 0.696. The molecule has 3 aromatic rings. The van der Waals surface area contributed by atoms with E-state index < -0.39 is 0 Å². The van der Waals surface area contributed by atoms with Gasteiger partial charge in [-0.3, -0.25) is 4.79 Å². The number of hydrogen-bond donors (Lipinski definition) is 2. The molecule has 1 heterocycles. The zero-order valence-electron chi connectivity index (χ0n) is 14.0. The smallest absolute Gasteiger partial charge is 0.274 e. The minimum atomic E-state index is -0.383.